The van der Waals surface area contributed by atoms with Crippen LogP contribution in [0.5, 0.6) is 0 Å². The fraction of sp³-hybridized carbons (Fsp3) is 0.333. The van der Waals surface area contributed by atoms with Crippen LogP contribution in [0, 0.1) is 10.8 Å². The van der Waals surface area contributed by atoms with Crippen LogP contribution < -0.4 is 5.73 Å². The number of H-pyrrole nitrogens is 1. The van der Waals surface area contributed by atoms with Crippen molar-refractivity contribution in [3.8, 4) is 0 Å². The van der Waals surface area contributed by atoms with Gasteiger partial charge in [0.1, 0.15) is 6.29 Å². The number of benzene rings is 1. The number of aldehydes is 1. The molecule has 4 heteroatoms. The Morgan fingerprint density at radius 1 is 1.36 bits per heavy atom. The SMILES string of the molecule is CC1(C)CCC(C(=N)c2cc3ccc(C=O)cc3[nH]2)=C(N)C1. The van der Waals surface area contributed by atoms with Crippen molar-refractivity contribution in [3.05, 3.63) is 46.8 Å². The number of nitrogens with one attached hydrogen (secondary N) is 2. The lowest BCUT2D eigenvalue weighted by Crippen LogP contribution is -2.25. The number of aromatic nitrogens is 1. The van der Waals surface area contributed by atoms with Gasteiger partial charge in [-0.1, -0.05) is 26.0 Å². The molecule has 0 amide bonds. The summed E-state index contributed by atoms with van der Waals surface area (Å²) in [4.78, 5) is 14.1. The van der Waals surface area contributed by atoms with Gasteiger partial charge in [-0.3, -0.25) is 10.2 Å². The Kier molecular flexibility index (Phi) is 3.39. The van der Waals surface area contributed by atoms with Gasteiger partial charge in [0.05, 0.1) is 11.4 Å². The molecule has 0 atom stereocenters. The highest BCUT2D eigenvalue weighted by Crippen LogP contribution is 2.37. The van der Waals surface area contributed by atoms with Crippen LogP contribution in [-0.4, -0.2) is 17.0 Å². The minimum absolute atomic E-state index is 0.215. The van der Waals surface area contributed by atoms with Gasteiger partial charge in [-0.15, -0.1) is 0 Å². The van der Waals surface area contributed by atoms with Gasteiger partial charge in [0.2, 0.25) is 0 Å². The maximum Gasteiger partial charge on any atom is 0.150 e. The molecule has 0 aliphatic heterocycles. The van der Waals surface area contributed by atoms with E-state index in [-0.39, 0.29) is 5.41 Å². The van der Waals surface area contributed by atoms with Crippen molar-refractivity contribution in [2.45, 2.75) is 33.1 Å². The van der Waals surface area contributed by atoms with Crippen LogP contribution in [0.15, 0.2) is 35.5 Å². The van der Waals surface area contributed by atoms with E-state index in [1.54, 1.807) is 12.1 Å². The van der Waals surface area contributed by atoms with Crippen LogP contribution in [0.3, 0.4) is 0 Å². The van der Waals surface area contributed by atoms with Crippen LogP contribution >= 0.6 is 0 Å². The monoisotopic (exact) mass is 295 g/mol. The summed E-state index contributed by atoms with van der Waals surface area (Å²) >= 11 is 0. The van der Waals surface area contributed by atoms with Crippen LogP contribution in [0.1, 0.15) is 49.2 Å². The summed E-state index contributed by atoms with van der Waals surface area (Å²) in [6, 6.07) is 7.44. The molecule has 4 N–H and O–H groups in total. The van der Waals surface area contributed by atoms with Crippen LogP contribution in [0.25, 0.3) is 10.9 Å². The first kappa shape index (κ1) is 14.6. The Labute approximate surface area is 129 Å². The second-order valence-electron chi connectivity index (χ2n) is 6.87. The molecule has 1 heterocycles. The van der Waals surface area contributed by atoms with E-state index in [0.717, 1.165) is 53.4 Å². The summed E-state index contributed by atoms with van der Waals surface area (Å²) in [7, 11) is 0. The van der Waals surface area contributed by atoms with Crippen molar-refractivity contribution < 1.29 is 4.79 Å². The lowest BCUT2D eigenvalue weighted by Gasteiger charge is -2.31. The number of nitrogens with two attached hydrogens (primary N) is 1. The van der Waals surface area contributed by atoms with Crippen molar-refractivity contribution in [2.75, 3.05) is 0 Å². The first-order valence-corrected chi connectivity index (χ1v) is 7.54. The molecule has 1 aliphatic carbocycles. The zero-order valence-electron chi connectivity index (χ0n) is 13.0. The van der Waals surface area contributed by atoms with Crippen molar-refractivity contribution in [1.29, 1.82) is 5.41 Å². The third kappa shape index (κ3) is 2.56. The third-order valence-corrected chi connectivity index (χ3v) is 4.46. The highest BCUT2D eigenvalue weighted by molar-refractivity contribution is 6.12. The Hall–Kier alpha value is -2.36. The second kappa shape index (κ2) is 5.13. The molecule has 22 heavy (non-hydrogen) atoms. The van der Waals surface area contributed by atoms with Crippen molar-refractivity contribution in [2.24, 2.45) is 11.1 Å². The van der Waals surface area contributed by atoms with Crippen molar-refractivity contribution in [1.82, 2.24) is 4.98 Å². The molecular formula is C18H21N3O. The summed E-state index contributed by atoms with van der Waals surface area (Å²) < 4.78 is 0. The molecule has 1 aromatic heterocycles. The van der Waals surface area contributed by atoms with Crippen LogP contribution in [0.2, 0.25) is 0 Å². The van der Waals surface area contributed by atoms with Gasteiger partial charge in [0.15, 0.2) is 0 Å². The third-order valence-electron chi connectivity index (χ3n) is 4.46. The molecule has 0 saturated heterocycles. The minimum Gasteiger partial charge on any atom is -0.402 e. The van der Waals surface area contributed by atoms with Crippen molar-refractivity contribution in [3.63, 3.8) is 0 Å². The van der Waals surface area contributed by atoms with E-state index >= 15 is 0 Å². The van der Waals surface area contributed by atoms with E-state index in [2.05, 4.69) is 18.8 Å². The zero-order valence-corrected chi connectivity index (χ0v) is 13.0. The molecule has 1 aromatic carbocycles. The number of hydrogen-bond acceptors (Lipinski definition) is 3. The van der Waals surface area contributed by atoms with E-state index in [9.17, 15) is 4.79 Å². The highest BCUT2D eigenvalue weighted by atomic mass is 16.1. The van der Waals surface area contributed by atoms with Gasteiger partial charge in [-0.05, 0) is 42.4 Å². The van der Waals surface area contributed by atoms with E-state index in [0.29, 0.717) is 11.3 Å². The topological polar surface area (TPSA) is 82.7 Å². The normalized spacial score (nSPS) is 17.7. The molecule has 0 unspecified atom stereocenters. The van der Waals surface area contributed by atoms with Gasteiger partial charge in [0.25, 0.3) is 0 Å². The molecule has 0 bridgehead atoms. The molecule has 2 aromatic rings. The number of allylic oxidation sites excluding steroid dienone is 2. The van der Waals surface area contributed by atoms with Crippen molar-refractivity contribution >= 4 is 22.9 Å². The average molecular weight is 295 g/mol. The maximum absolute atomic E-state index is 10.9. The smallest absolute Gasteiger partial charge is 0.150 e. The summed E-state index contributed by atoms with van der Waals surface area (Å²) in [6.45, 7) is 4.42. The fourth-order valence-corrected chi connectivity index (χ4v) is 3.14. The predicted molar refractivity (Wildman–Crippen MR) is 89.4 cm³/mol. The molecule has 114 valence electrons. The number of carbonyl (C=O) groups is 1. The van der Waals surface area contributed by atoms with E-state index in [1.165, 1.54) is 0 Å². The Morgan fingerprint density at radius 2 is 2.14 bits per heavy atom. The Bertz CT molecular complexity index is 796. The number of aromatic amines is 1. The molecule has 4 nitrogen and oxygen atoms in total. The largest absolute Gasteiger partial charge is 0.402 e. The fourth-order valence-electron chi connectivity index (χ4n) is 3.14. The molecule has 0 fully saturated rings. The number of carbonyl (C=O) groups excluding carboxylic acids is 1. The van der Waals surface area contributed by atoms with Gasteiger partial charge in [-0.25, -0.2) is 0 Å². The quantitative estimate of drug-likeness (QED) is 0.595. The van der Waals surface area contributed by atoms with E-state index in [1.807, 2.05) is 12.1 Å². The Morgan fingerprint density at radius 3 is 2.82 bits per heavy atom. The average Bonchev–Trinajstić information content (AvgIpc) is 2.88. The van der Waals surface area contributed by atoms with Gasteiger partial charge < -0.3 is 10.7 Å². The molecular weight excluding hydrogens is 274 g/mol. The Balaban J connectivity index is 1.97. The van der Waals surface area contributed by atoms with Gasteiger partial charge in [-0.2, -0.15) is 0 Å². The molecule has 0 saturated carbocycles. The second-order valence-corrected chi connectivity index (χ2v) is 6.87. The summed E-state index contributed by atoms with van der Waals surface area (Å²) in [5.74, 6) is 0. The van der Waals surface area contributed by atoms with E-state index in [4.69, 9.17) is 11.1 Å². The molecule has 0 radical (unpaired) electrons. The standard InChI is InChI=1S/C18H21N3O/c1-18(2)6-5-13(14(19)9-18)17(20)16-8-12-4-3-11(10-22)7-15(12)21-16/h3-4,7-8,10,20-21H,5-6,9,19H2,1-2H3. The summed E-state index contributed by atoms with van der Waals surface area (Å²) in [5.41, 5.74) is 10.9. The number of hydrogen-bond donors (Lipinski definition) is 3. The lowest BCUT2D eigenvalue weighted by atomic mass is 9.75. The lowest BCUT2D eigenvalue weighted by molar-refractivity contribution is 0.112. The molecule has 0 spiro atoms. The number of rotatable bonds is 3. The molecule has 1 aliphatic rings. The zero-order chi connectivity index (χ0) is 15.9. The van der Waals surface area contributed by atoms with Crippen LogP contribution in [-0.2, 0) is 0 Å². The maximum atomic E-state index is 10.9. The minimum atomic E-state index is 0.215. The first-order chi connectivity index (χ1) is 10.4. The predicted octanol–water partition coefficient (Wildman–Crippen LogP) is 3.77. The highest BCUT2D eigenvalue weighted by Gasteiger charge is 2.28. The van der Waals surface area contributed by atoms with Crippen LogP contribution in [0.4, 0.5) is 0 Å². The first-order valence-electron chi connectivity index (χ1n) is 7.54. The number of fused-ring (bicyclic) bond motifs is 1. The van der Waals surface area contributed by atoms with Gasteiger partial charge >= 0.3 is 0 Å². The summed E-state index contributed by atoms with van der Waals surface area (Å²) in [5, 5.41) is 9.48. The molecule has 3 rings (SSSR count). The summed E-state index contributed by atoms with van der Waals surface area (Å²) in [6.07, 6.45) is 3.54. The van der Waals surface area contributed by atoms with E-state index < -0.39 is 0 Å². The van der Waals surface area contributed by atoms with Gasteiger partial charge in [0, 0.05) is 22.2 Å².